The second-order valence-corrected chi connectivity index (χ2v) is 2.36. The molecular weight excluding hydrogens is 146 g/mol. The molecule has 52 valence electrons. The van der Waals surface area contributed by atoms with Crippen molar-refractivity contribution in [1.29, 1.82) is 0 Å². The first kappa shape index (κ1) is 7.08. The lowest BCUT2D eigenvalue weighted by molar-refractivity contribution is 0.970. The highest BCUT2D eigenvalue weighted by Gasteiger charge is 1.95. The first-order chi connectivity index (χ1) is 4.70. The summed E-state index contributed by atoms with van der Waals surface area (Å²) in [5.41, 5.74) is 6.72. The van der Waals surface area contributed by atoms with Crippen LogP contribution in [-0.2, 0) is 0 Å². The molecule has 0 aliphatic rings. The summed E-state index contributed by atoms with van der Waals surface area (Å²) in [5, 5.41) is 7.54. The Morgan fingerprint density at radius 3 is 2.60 bits per heavy atom. The predicted octanol–water partition coefficient (Wildman–Crippen LogP) is 0.419. The lowest BCUT2D eigenvalue weighted by Crippen LogP contribution is -2.12. The van der Waals surface area contributed by atoms with Crippen molar-refractivity contribution >= 4 is 17.2 Å². The van der Waals surface area contributed by atoms with E-state index in [0.29, 0.717) is 5.69 Å². The fourth-order valence-electron chi connectivity index (χ4n) is 0.530. The first-order valence-corrected chi connectivity index (χ1v) is 3.21. The molecule has 0 fully saturated rings. The molecule has 0 aliphatic heterocycles. The smallest absolute Gasteiger partial charge is 0.124 e. The fraction of sp³-hybridized carbons (Fsp3) is 0.167. The molecule has 3 nitrogen and oxygen atoms in total. The Kier molecular flexibility index (Phi) is 1.91. The molecule has 0 atom stereocenters. The molecule has 1 heterocycles. The van der Waals surface area contributed by atoms with E-state index in [9.17, 15) is 0 Å². The summed E-state index contributed by atoms with van der Waals surface area (Å²) in [5.74, 6) is 0. The third-order valence-corrected chi connectivity index (χ3v) is 1.26. The Morgan fingerprint density at radius 1 is 1.50 bits per heavy atom. The number of hydrogen-bond acceptors (Lipinski definition) is 3. The second-order valence-electron chi connectivity index (χ2n) is 1.92. The summed E-state index contributed by atoms with van der Waals surface area (Å²) < 4.78 is 0. The topological polar surface area (TPSA) is 51.8 Å². The molecule has 0 unspecified atom stereocenters. The van der Waals surface area contributed by atoms with Crippen molar-refractivity contribution in [2.24, 2.45) is 5.73 Å². The first-order valence-electron chi connectivity index (χ1n) is 2.80. The number of thiocarbonyl (C=S) groups is 1. The van der Waals surface area contributed by atoms with Crippen LogP contribution in [0.15, 0.2) is 12.1 Å². The third-order valence-electron chi connectivity index (χ3n) is 1.05. The van der Waals surface area contributed by atoms with E-state index in [1.54, 1.807) is 6.07 Å². The maximum atomic E-state index is 5.29. The largest absolute Gasteiger partial charge is 0.388 e. The molecule has 0 aromatic carbocycles. The molecule has 2 N–H and O–H groups in total. The van der Waals surface area contributed by atoms with Crippen LogP contribution in [-0.4, -0.2) is 15.2 Å². The quantitative estimate of drug-likeness (QED) is 0.594. The van der Waals surface area contributed by atoms with Crippen LogP contribution in [0.1, 0.15) is 11.4 Å². The van der Waals surface area contributed by atoms with Crippen molar-refractivity contribution in [3.8, 4) is 0 Å². The third kappa shape index (κ3) is 1.48. The average Bonchev–Trinajstić information content (AvgIpc) is 1.88. The van der Waals surface area contributed by atoms with Crippen LogP contribution >= 0.6 is 12.2 Å². The Hall–Kier alpha value is -1.03. The number of aryl methyl sites for hydroxylation is 1. The molecule has 1 rings (SSSR count). The average molecular weight is 153 g/mol. The van der Waals surface area contributed by atoms with Crippen LogP contribution in [0, 0.1) is 6.92 Å². The molecule has 0 bridgehead atoms. The van der Waals surface area contributed by atoms with E-state index in [-0.39, 0.29) is 4.99 Å². The van der Waals surface area contributed by atoms with Gasteiger partial charge in [0.15, 0.2) is 0 Å². The van der Waals surface area contributed by atoms with E-state index >= 15 is 0 Å². The van der Waals surface area contributed by atoms with Crippen molar-refractivity contribution in [1.82, 2.24) is 10.2 Å². The molecule has 4 heteroatoms. The van der Waals surface area contributed by atoms with Crippen molar-refractivity contribution < 1.29 is 0 Å². The van der Waals surface area contributed by atoms with Crippen LogP contribution in [0.3, 0.4) is 0 Å². The van der Waals surface area contributed by atoms with Crippen molar-refractivity contribution in [2.75, 3.05) is 0 Å². The Labute approximate surface area is 64.3 Å². The minimum absolute atomic E-state index is 0.285. The number of nitrogens with zero attached hydrogens (tertiary/aromatic N) is 2. The van der Waals surface area contributed by atoms with Gasteiger partial charge in [0.1, 0.15) is 10.7 Å². The van der Waals surface area contributed by atoms with Crippen LogP contribution in [0.25, 0.3) is 0 Å². The minimum Gasteiger partial charge on any atom is -0.388 e. The monoisotopic (exact) mass is 153 g/mol. The van der Waals surface area contributed by atoms with Crippen molar-refractivity contribution in [3.63, 3.8) is 0 Å². The predicted molar refractivity (Wildman–Crippen MR) is 42.7 cm³/mol. The van der Waals surface area contributed by atoms with Gasteiger partial charge >= 0.3 is 0 Å². The molecule has 0 spiro atoms. The highest BCUT2D eigenvalue weighted by molar-refractivity contribution is 7.80. The van der Waals surface area contributed by atoms with E-state index in [4.69, 9.17) is 5.73 Å². The lowest BCUT2D eigenvalue weighted by Gasteiger charge is -1.93. The zero-order valence-corrected chi connectivity index (χ0v) is 6.35. The molecule has 0 saturated heterocycles. The normalized spacial score (nSPS) is 9.30. The summed E-state index contributed by atoms with van der Waals surface area (Å²) in [6, 6.07) is 3.58. The molecule has 0 saturated carbocycles. The van der Waals surface area contributed by atoms with Gasteiger partial charge in [-0.2, -0.15) is 5.10 Å². The van der Waals surface area contributed by atoms with Gasteiger partial charge < -0.3 is 5.73 Å². The zero-order chi connectivity index (χ0) is 7.56. The number of hydrogen-bond donors (Lipinski definition) is 1. The fourth-order valence-corrected chi connectivity index (χ4v) is 0.639. The van der Waals surface area contributed by atoms with Gasteiger partial charge in [-0.1, -0.05) is 12.2 Å². The molecule has 1 aromatic rings. The molecular formula is C6H7N3S. The Balaban J connectivity index is 3.00. The van der Waals surface area contributed by atoms with Gasteiger partial charge in [-0.05, 0) is 19.1 Å². The molecule has 0 radical (unpaired) electrons. The van der Waals surface area contributed by atoms with E-state index in [1.165, 1.54) is 0 Å². The van der Waals surface area contributed by atoms with Crippen molar-refractivity contribution in [2.45, 2.75) is 6.92 Å². The van der Waals surface area contributed by atoms with Crippen molar-refractivity contribution in [3.05, 3.63) is 23.5 Å². The van der Waals surface area contributed by atoms with E-state index in [1.807, 2.05) is 13.0 Å². The second kappa shape index (κ2) is 2.70. The van der Waals surface area contributed by atoms with Gasteiger partial charge in [-0.25, -0.2) is 0 Å². The van der Waals surface area contributed by atoms with Gasteiger partial charge in [-0.3, -0.25) is 0 Å². The number of nitrogens with two attached hydrogens (primary N) is 1. The minimum atomic E-state index is 0.285. The van der Waals surface area contributed by atoms with E-state index < -0.39 is 0 Å². The van der Waals surface area contributed by atoms with E-state index in [0.717, 1.165) is 5.69 Å². The number of aromatic nitrogens is 2. The lowest BCUT2D eigenvalue weighted by atomic mass is 10.3. The molecule has 0 amide bonds. The summed E-state index contributed by atoms with van der Waals surface area (Å²) >= 11 is 4.68. The summed E-state index contributed by atoms with van der Waals surface area (Å²) in [7, 11) is 0. The van der Waals surface area contributed by atoms with Gasteiger partial charge in [0.2, 0.25) is 0 Å². The van der Waals surface area contributed by atoms with E-state index in [2.05, 4.69) is 22.4 Å². The van der Waals surface area contributed by atoms with Crippen LogP contribution in [0.5, 0.6) is 0 Å². The van der Waals surface area contributed by atoms with Gasteiger partial charge in [0, 0.05) is 0 Å². The summed E-state index contributed by atoms with van der Waals surface area (Å²) in [6.07, 6.45) is 0. The molecule has 10 heavy (non-hydrogen) atoms. The highest BCUT2D eigenvalue weighted by Crippen LogP contribution is 1.93. The zero-order valence-electron chi connectivity index (χ0n) is 5.53. The maximum Gasteiger partial charge on any atom is 0.124 e. The Bertz CT molecular complexity index is 242. The summed E-state index contributed by atoms with van der Waals surface area (Å²) in [6.45, 7) is 1.86. The van der Waals surface area contributed by atoms with Gasteiger partial charge in [0.25, 0.3) is 0 Å². The maximum absolute atomic E-state index is 5.29. The molecule has 1 aromatic heterocycles. The van der Waals surface area contributed by atoms with Crippen LogP contribution in [0.2, 0.25) is 0 Å². The van der Waals surface area contributed by atoms with Crippen LogP contribution < -0.4 is 5.73 Å². The standard InChI is InChI=1S/C6H7N3S/c1-4-2-3-5(6(7)10)9-8-4/h2-3H,1H3,(H2,7,10). The highest BCUT2D eigenvalue weighted by atomic mass is 32.1. The summed E-state index contributed by atoms with van der Waals surface area (Å²) in [4.78, 5) is 0.285. The Morgan fingerprint density at radius 2 is 2.20 bits per heavy atom. The van der Waals surface area contributed by atoms with Crippen LogP contribution in [0.4, 0.5) is 0 Å². The molecule has 0 aliphatic carbocycles. The van der Waals surface area contributed by atoms with Gasteiger partial charge in [-0.15, -0.1) is 5.10 Å². The van der Waals surface area contributed by atoms with Gasteiger partial charge in [0.05, 0.1) is 5.69 Å². The SMILES string of the molecule is Cc1ccc(C(N)=S)nn1. The number of rotatable bonds is 1.